The van der Waals surface area contributed by atoms with Crippen molar-refractivity contribution in [3.63, 3.8) is 0 Å². The predicted octanol–water partition coefficient (Wildman–Crippen LogP) is 2.55. The van der Waals surface area contributed by atoms with Gasteiger partial charge in [0, 0.05) is 5.02 Å². The van der Waals surface area contributed by atoms with Crippen LogP contribution in [0, 0.1) is 11.7 Å². The molecule has 0 bridgehead atoms. The van der Waals surface area contributed by atoms with Gasteiger partial charge in [-0.1, -0.05) is 11.6 Å². The van der Waals surface area contributed by atoms with E-state index in [-0.39, 0.29) is 17.5 Å². The molecule has 3 N–H and O–H groups in total. The van der Waals surface area contributed by atoms with Gasteiger partial charge in [-0.3, -0.25) is 4.79 Å². The average molecular weight is 257 g/mol. The summed E-state index contributed by atoms with van der Waals surface area (Å²) in [4.78, 5) is 11.9. The normalized spacial score (nSPS) is 18.6. The molecule has 1 aromatic carbocycles. The number of carbonyl (C=O) groups is 1. The molecule has 1 aromatic rings. The van der Waals surface area contributed by atoms with Crippen molar-refractivity contribution in [2.75, 3.05) is 5.32 Å². The maximum atomic E-state index is 13.4. The minimum Gasteiger partial charge on any atom is -0.322 e. The molecule has 0 aliphatic heterocycles. The van der Waals surface area contributed by atoms with E-state index in [1.807, 2.05) is 0 Å². The molecule has 17 heavy (non-hydrogen) atoms. The van der Waals surface area contributed by atoms with Gasteiger partial charge in [0.05, 0.1) is 11.2 Å². The molecule has 0 heterocycles. The Morgan fingerprint density at radius 1 is 1.59 bits per heavy atom. The van der Waals surface area contributed by atoms with E-state index in [1.54, 1.807) is 6.92 Å². The van der Waals surface area contributed by atoms with Crippen LogP contribution in [0.5, 0.6) is 0 Å². The third-order valence-electron chi connectivity index (χ3n) is 3.09. The van der Waals surface area contributed by atoms with Gasteiger partial charge in [0.15, 0.2) is 0 Å². The van der Waals surface area contributed by atoms with Gasteiger partial charge >= 0.3 is 0 Å². The summed E-state index contributed by atoms with van der Waals surface area (Å²) in [5.41, 5.74) is 5.05. The predicted molar refractivity (Wildman–Crippen MR) is 65.4 cm³/mol. The fourth-order valence-corrected chi connectivity index (χ4v) is 1.89. The van der Waals surface area contributed by atoms with Crippen LogP contribution in [-0.2, 0) is 4.79 Å². The number of nitrogens with two attached hydrogens (primary N) is 1. The maximum absolute atomic E-state index is 13.4. The lowest BCUT2D eigenvalue weighted by Gasteiger charge is -2.23. The van der Waals surface area contributed by atoms with E-state index in [0.29, 0.717) is 5.02 Å². The van der Waals surface area contributed by atoms with Gasteiger partial charge in [-0.25, -0.2) is 4.39 Å². The summed E-state index contributed by atoms with van der Waals surface area (Å²) in [5, 5.41) is 2.86. The Kier molecular flexibility index (Phi) is 3.10. The number of hydrogen-bond donors (Lipinski definition) is 2. The number of carbonyl (C=O) groups excluding carboxylic acids is 1. The summed E-state index contributed by atoms with van der Waals surface area (Å²) < 4.78 is 13.4. The topological polar surface area (TPSA) is 55.1 Å². The summed E-state index contributed by atoms with van der Waals surface area (Å²) in [6, 6.07) is 4.01. The zero-order chi connectivity index (χ0) is 12.6. The van der Waals surface area contributed by atoms with Crippen LogP contribution in [0.25, 0.3) is 0 Å². The van der Waals surface area contributed by atoms with Gasteiger partial charge in [-0.15, -0.1) is 0 Å². The van der Waals surface area contributed by atoms with E-state index in [4.69, 9.17) is 17.3 Å². The first-order valence-electron chi connectivity index (χ1n) is 5.46. The van der Waals surface area contributed by atoms with E-state index >= 15 is 0 Å². The summed E-state index contributed by atoms with van der Waals surface area (Å²) in [6.07, 6.45) is 1.89. The van der Waals surface area contributed by atoms with Crippen molar-refractivity contribution in [2.45, 2.75) is 25.3 Å². The van der Waals surface area contributed by atoms with Crippen LogP contribution < -0.4 is 11.1 Å². The van der Waals surface area contributed by atoms with E-state index in [0.717, 1.165) is 12.8 Å². The molecule has 3 nitrogen and oxygen atoms in total. The van der Waals surface area contributed by atoms with Gasteiger partial charge in [0.1, 0.15) is 5.82 Å². The van der Waals surface area contributed by atoms with Crippen molar-refractivity contribution in [1.82, 2.24) is 0 Å². The maximum Gasteiger partial charge on any atom is 0.244 e. The minimum absolute atomic E-state index is 0.0693. The molecule has 1 fully saturated rings. The third-order valence-corrected chi connectivity index (χ3v) is 3.33. The van der Waals surface area contributed by atoms with Gasteiger partial charge in [-0.2, -0.15) is 0 Å². The van der Waals surface area contributed by atoms with Crippen LogP contribution in [0.4, 0.5) is 10.1 Å². The van der Waals surface area contributed by atoms with Crippen molar-refractivity contribution >= 4 is 23.2 Å². The SMILES string of the molecule is CC(N)(C(=O)Nc1cc(Cl)ccc1F)C1CC1. The van der Waals surface area contributed by atoms with Crippen LogP contribution >= 0.6 is 11.6 Å². The number of halogens is 2. The van der Waals surface area contributed by atoms with Crippen molar-refractivity contribution in [2.24, 2.45) is 11.7 Å². The highest BCUT2D eigenvalue weighted by Gasteiger charge is 2.44. The molecule has 1 unspecified atom stereocenters. The quantitative estimate of drug-likeness (QED) is 0.873. The Morgan fingerprint density at radius 2 is 2.24 bits per heavy atom. The molecule has 2 rings (SSSR count). The largest absolute Gasteiger partial charge is 0.322 e. The first-order valence-corrected chi connectivity index (χ1v) is 5.84. The monoisotopic (exact) mass is 256 g/mol. The molecule has 1 saturated carbocycles. The van der Waals surface area contributed by atoms with Crippen LogP contribution in [0.15, 0.2) is 18.2 Å². The molecule has 92 valence electrons. The second-order valence-electron chi connectivity index (χ2n) is 4.64. The fraction of sp³-hybridized carbons (Fsp3) is 0.417. The summed E-state index contributed by atoms with van der Waals surface area (Å²) in [5.74, 6) is -0.708. The second kappa shape index (κ2) is 4.27. The number of benzene rings is 1. The summed E-state index contributed by atoms with van der Waals surface area (Å²) >= 11 is 5.74. The number of rotatable bonds is 3. The smallest absolute Gasteiger partial charge is 0.244 e. The lowest BCUT2D eigenvalue weighted by atomic mass is 9.96. The second-order valence-corrected chi connectivity index (χ2v) is 5.07. The van der Waals surface area contributed by atoms with E-state index in [1.165, 1.54) is 18.2 Å². The van der Waals surface area contributed by atoms with Crippen LogP contribution in [0.3, 0.4) is 0 Å². The van der Waals surface area contributed by atoms with E-state index < -0.39 is 11.4 Å². The van der Waals surface area contributed by atoms with Gasteiger partial charge in [-0.05, 0) is 43.9 Å². The van der Waals surface area contributed by atoms with E-state index in [9.17, 15) is 9.18 Å². The highest BCUT2D eigenvalue weighted by Crippen LogP contribution is 2.38. The van der Waals surface area contributed by atoms with Crippen LogP contribution in [0.1, 0.15) is 19.8 Å². The summed E-state index contributed by atoms with van der Waals surface area (Å²) in [6.45, 7) is 1.67. The Balaban J connectivity index is 2.15. The first kappa shape index (κ1) is 12.3. The molecular formula is C12H14ClFN2O. The number of amides is 1. The molecule has 0 aromatic heterocycles. The Morgan fingerprint density at radius 3 is 2.82 bits per heavy atom. The number of anilines is 1. The van der Waals surface area contributed by atoms with Gasteiger partial charge < -0.3 is 11.1 Å². The van der Waals surface area contributed by atoms with Crippen LogP contribution in [0.2, 0.25) is 5.02 Å². The molecule has 1 aliphatic rings. The molecule has 1 aliphatic carbocycles. The summed E-state index contributed by atoms with van der Waals surface area (Å²) in [7, 11) is 0. The molecule has 0 spiro atoms. The van der Waals surface area contributed by atoms with Crippen molar-refractivity contribution in [1.29, 1.82) is 0 Å². The number of hydrogen-bond acceptors (Lipinski definition) is 2. The lowest BCUT2D eigenvalue weighted by molar-refractivity contribution is -0.121. The molecule has 0 radical (unpaired) electrons. The third kappa shape index (κ3) is 2.58. The highest BCUT2D eigenvalue weighted by molar-refractivity contribution is 6.30. The zero-order valence-electron chi connectivity index (χ0n) is 9.47. The Hall–Kier alpha value is -1.13. The molecule has 1 amide bonds. The fourth-order valence-electron chi connectivity index (χ4n) is 1.72. The zero-order valence-corrected chi connectivity index (χ0v) is 10.2. The lowest BCUT2D eigenvalue weighted by Crippen LogP contribution is -2.50. The van der Waals surface area contributed by atoms with Crippen molar-refractivity contribution in [3.05, 3.63) is 29.0 Å². The highest BCUT2D eigenvalue weighted by atomic mass is 35.5. The Bertz CT molecular complexity index is 458. The van der Waals surface area contributed by atoms with Gasteiger partial charge in [0.25, 0.3) is 0 Å². The van der Waals surface area contributed by atoms with Crippen molar-refractivity contribution in [3.8, 4) is 0 Å². The van der Waals surface area contributed by atoms with E-state index in [2.05, 4.69) is 5.32 Å². The Labute approximate surface area is 104 Å². The molecule has 5 heteroatoms. The molecule has 0 saturated heterocycles. The minimum atomic E-state index is -0.950. The molecular weight excluding hydrogens is 243 g/mol. The first-order chi connectivity index (χ1) is 7.91. The van der Waals surface area contributed by atoms with Crippen molar-refractivity contribution < 1.29 is 9.18 Å². The van der Waals surface area contributed by atoms with Crippen LogP contribution in [-0.4, -0.2) is 11.4 Å². The average Bonchev–Trinajstić information content (AvgIpc) is 3.07. The van der Waals surface area contributed by atoms with Gasteiger partial charge in [0.2, 0.25) is 5.91 Å². The molecule has 1 atom stereocenters. The standard InChI is InChI=1S/C12H14ClFN2O/c1-12(15,7-2-3-7)11(17)16-10-6-8(13)4-5-9(10)14/h4-7H,2-3,15H2,1H3,(H,16,17). The number of nitrogens with one attached hydrogen (secondary N) is 1.